The number of hydrogen-bond acceptors (Lipinski definition) is 3. The Morgan fingerprint density at radius 2 is 2.14 bits per heavy atom. The summed E-state index contributed by atoms with van der Waals surface area (Å²) in [7, 11) is 0. The van der Waals surface area contributed by atoms with E-state index in [-0.39, 0.29) is 17.5 Å². The lowest BCUT2D eigenvalue weighted by Crippen LogP contribution is -2.49. The van der Waals surface area contributed by atoms with Gasteiger partial charge in [0.05, 0.1) is 12.1 Å². The monoisotopic (exact) mass is 382 g/mol. The van der Waals surface area contributed by atoms with E-state index < -0.39 is 0 Å². The van der Waals surface area contributed by atoms with Crippen LogP contribution in [0.4, 0.5) is 0 Å². The number of benzene rings is 1. The lowest BCUT2D eigenvalue weighted by atomic mass is 9.65. The van der Waals surface area contributed by atoms with Crippen molar-refractivity contribution in [3.63, 3.8) is 0 Å². The van der Waals surface area contributed by atoms with Crippen LogP contribution in [0, 0.1) is 5.41 Å². The predicted molar refractivity (Wildman–Crippen MR) is 113 cm³/mol. The molecule has 1 aromatic heterocycles. The van der Waals surface area contributed by atoms with Crippen LogP contribution >= 0.6 is 0 Å². The highest BCUT2D eigenvalue weighted by Gasteiger charge is 2.47. The number of para-hydroxylation sites is 1. The first-order chi connectivity index (χ1) is 13.6. The van der Waals surface area contributed by atoms with Crippen molar-refractivity contribution in [2.75, 3.05) is 13.1 Å². The molecule has 0 saturated carbocycles. The summed E-state index contributed by atoms with van der Waals surface area (Å²) in [6.45, 7) is 8.63. The number of ether oxygens (including phenoxy) is 1. The molecule has 3 atom stereocenters. The molecule has 2 aromatic rings. The minimum absolute atomic E-state index is 0.0166. The minimum atomic E-state index is -0.0352. The second-order valence-electron chi connectivity index (χ2n) is 8.78. The third-order valence-corrected chi connectivity index (χ3v) is 7.27. The van der Waals surface area contributed by atoms with E-state index in [1.807, 2.05) is 6.92 Å². The Labute approximate surface area is 168 Å². The Balaban J connectivity index is 1.64. The molecule has 0 amide bonds. The van der Waals surface area contributed by atoms with Crippen molar-refractivity contribution in [2.45, 2.75) is 77.9 Å². The average Bonchev–Trinajstić information content (AvgIpc) is 3.10. The van der Waals surface area contributed by atoms with Crippen LogP contribution in [0.5, 0.6) is 0 Å². The number of carbonyl (C=O) groups excluding carboxylic acids is 1. The first-order valence-electron chi connectivity index (χ1n) is 11.1. The van der Waals surface area contributed by atoms with E-state index in [1.54, 1.807) is 0 Å². The van der Waals surface area contributed by atoms with Crippen molar-refractivity contribution in [1.82, 2.24) is 9.88 Å². The second-order valence-corrected chi connectivity index (χ2v) is 8.78. The van der Waals surface area contributed by atoms with Gasteiger partial charge in [0.15, 0.2) is 0 Å². The summed E-state index contributed by atoms with van der Waals surface area (Å²) >= 11 is 0. The van der Waals surface area contributed by atoms with Crippen molar-refractivity contribution >= 4 is 16.9 Å². The van der Waals surface area contributed by atoms with Crippen LogP contribution in [0.15, 0.2) is 24.3 Å². The Morgan fingerprint density at radius 1 is 1.32 bits per heavy atom. The molecule has 3 unspecified atom stereocenters. The van der Waals surface area contributed by atoms with Gasteiger partial charge in [0.25, 0.3) is 0 Å². The van der Waals surface area contributed by atoms with Gasteiger partial charge < -0.3 is 9.72 Å². The maximum atomic E-state index is 12.4. The van der Waals surface area contributed by atoms with Crippen molar-refractivity contribution in [3.8, 4) is 0 Å². The average molecular weight is 383 g/mol. The van der Waals surface area contributed by atoms with Crippen molar-refractivity contribution in [3.05, 3.63) is 35.5 Å². The van der Waals surface area contributed by atoms with E-state index in [0.717, 1.165) is 32.2 Å². The van der Waals surface area contributed by atoms with Gasteiger partial charge >= 0.3 is 5.97 Å². The number of aromatic nitrogens is 1. The molecule has 152 valence electrons. The lowest BCUT2D eigenvalue weighted by Gasteiger charge is -2.52. The molecule has 0 bridgehead atoms. The summed E-state index contributed by atoms with van der Waals surface area (Å²) < 4.78 is 5.57. The zero-order chi connectivity index (χ0) is 19.7. The van der Waals surface area contributed by atoms with Crippen molar-refractivity contribution in [1.29, 1.82) is 0 Å². The number of rotatable bonds is 6. The predicted octanol–water partition coefficient (Wildman–Crippen LogP) is 5.38. The van der Waals surface area contributed by atoms with E-state index >= 15 is 0 Å². The molecular formula is C24H34N2O2. The van der Waals surface area contributed by atoms with Gasteiger partial charge in [0.1, 0.15) is 0 Å². The zero-order valence-corrected chi connectivity index (χ0v) is 17.6. The molecule has 0 spiro atoms. The molecule has 0 aliphatic carbocycles. The molecule has 1 saturated heterocycles. The molecule has 2 aliphatic heterocycles. The molecule has 28 heavy (non-hydrogen) atoms. The van der Waals surface area contributed by atoms with E-state index in [0.29, 0.717) is 12.5 Å². The maximum absolute atomic E-state index is 12.4. The number of aromatic amines is 1. The molecule has 3 heterocycles. The van der Waals surface area contributed by atoms with Crippen LogP contribution in [-0.4, -0.2) is 35.0 Å². The van der Waals surface area contributed by atoms with Crippen molar-refractivity contribution in [2.24, 2.45) is 5.41 Å². The number of piperidine rings is 1. The van der Waals surface area contributed by atoms with Gasteiger partial charge in [-0.3, -0.25) is 9.69 Å². The smallest absolute Gasteiger partial charge is 0.306 e. The SMILES string of the molecule is CCC(C)OC(=O)CCC1(CC)CCCN2CCc3c([nH]c4ccccc34)C21. The Bertz CT molecular complexity index is 842. The number of fused-ring (bicyclic) bond motifs is 5. The van der Waals surface area contributed by atoms with E-state index in [1.165, 1.54) is 41.5 Å². The largest absolute Gasteiger partial charge is 0.463 e. The highest BCUT2D eigenvalue weighted by molar-refractivity contribution is 5.85. The van der Waals surface area contributed by atoms with Crippen LogP contribution in [0.25, 0.3) is 10.9 Å². The molecule has 1 aromatic carbocycles. The van der Waals surface area contributed by atoms with E-state index in [4.69, 9.17) is 4.74 Å². The molecule has 4 heteroatoms. The number of nitrogens with one attached hydrogen (secondary N) is 1. The summed E-state index contributed by atoms with van der Waals surface area (Å²) in [4.78, 5) is 18.9. The first-order valence-corrected chi connectivity index (χ1v) is 11.1. The summed E-state index contributed by atoms with van der Waals surface area (Å²) in [5.74, 6) is -0.0352. The van der Waals surface area contributed by atoms with E-state index in [2.05, 4.69) is 48.0 Å². The fourth-order valence-corrected chi connectivity index (χ4v) is 5.52. The van der Waals surface area contributed by atoms with Gasteiger partial charge in [0, 0.05) is 29.6 Å². The number of esters is 1. The fraction of sp³-hybridized carbons (Fsp3) is 0.625. The standard InChI is InChI=1S/C24H34N2O2/c1-4-17(3)28-21(27)11-14-24(5-2)13-8-15-26-16-12-19-18-9-6-7-10-20(18)25-22(19)23(24)26/h6-7,9-10,17,23,25H,4-5,8,11-16H2,1-3H3. The number of carbonyl (C=O) groups is 1. The van der Waals surface area contributed by atoms with Crippen LogP contribution in [0.1, 0.15) is 76.6 Å². The number of H-pyrrole nitrogens is 1. The quantitative estimate of drug-likeness (QED) is 0.682. The van der Waals surface area contributed by atoms with Gasteiger partial charge in [-0.2, -0.15) is 0 Å². The maximum Gasteiger partial charge on any atom is 0.306 e. The van der Waals surface area contributed by atoms with Gasteiger partial charge in [-0.1, -0.05) is 32.0 Å². The molecular weight excluding hydrogens is 348 g/mol. The second kappa shape index (κ2) is 7.90. The summed E-state index contributed by atoms with van der Waals surface area (Å²) in [5.41, 5.74) is 4.30. The molecule has 4 nitrogen and oxygen atoms in total. The Hall–Kier alpha value is -1.81. The lowest BCUT2D eigenvalue weighted by molar-refractivity contribution is -0.149. The molecule has 2 aliphatic rings. The van der Waals surface area contributed by atoms with Crippen molar-refractivity contribution < 1.29 is 9.53 Å². The van der Waals surface area contributed by atoms with E-state index in [9.17, 15) is 4.79 Å². The Morgan fingerprint density at radius 3 is 2.93 bits per heavy atom. The third-order valence-electron chi connectivity index (χ3n) is 7.27. The van der Waals surface area contributed by atoms with Crippen LogP contribution < -0.4 is 0 Å². The number of hydrogen-bond donors (Lipinski definition) is 1. The Kier molecular flexibility index (Phi) is 5.50. The van der Waals surface area contributed by atoms with Crippen LogP contribution in [0.2, 0.25) is 0 Å². The molecule has 1 fully saturated rings. The molecule has 1 N–H and O–H groups in total. The zero-order valence-electron chi connectivity index (χ0n) is 17.6. The topological polar surface area (TPSA) is 45.3 Å². The normalized spacial score (nSPS) is 25.9. The summed E-state index contributed by atoms with van der Waals surface area (Å²) in [6, 6.07) is 9.08. The van der Waals surface area contributed by atoms with Gasteiger partial charge in [0.2, 0.25) is 0 Å². The highest BCUT2D eigenvalue weighted by Crippen LogP contribution is 2.53. The summed E-state index contributed by atoms with van der Waals surface area (Å²) in [6.07, 6.45) is 6.96. The first kappa shape index (κ1) is 19.5. The molecule has 4 rings (SSSR count). The number of nitrogens with zero attached hydrogens (tertiary/aromatic N) is 1. The fourth-order valence-electron chi connectivity index (χ4n) is 5.52. The van der Waals surface area contributed by atoms with Gasteiger partial charge in [-0.15, -0.1) is 0 Å². The van der Waals surface area contributed by atoms with Gasteiger partial charge in [-0.25, -0.2) is 0 Å². The van der Waals surface area contributed by atoms with Crippen LogP contribution in [0.3, 0.4) is 0 Å². The summed E-state index contributed by atoms with van der Waals surface area (Å²) in [5, 5.41) is 1.38. The third kappa shape index (κ3) is 3.36. The van der Waals surface area contributed by atoms with Crippen LogP contribution in [-0.2, 0) is 16.0 Å². The highest BCUT2D eigenvalue weighted by atomic mass is 16.5. The minimum Gasteiger partial charge on any atom is -0.463 e. The molecule has 0 radical (unpaired) electrons. The van der Waals surface area contributed by atoms with Gasteiger partial charge in [-0.05, 0) is 69.0 Å².